The number of rotatable bonds is 2. The van der Waals surface area contributed by atoms with Crippen LogP contribution in [0.5, 0.6) is 0 Å². The van der Waals surface area contributed by atoms with Gasteiger partial charge < -0.3 is 0 Å². The van der Waals surface area contributed by atoms with E-state index in [4.69, 9.17) is 11.6 Å². The number of aromatic amines is 1. The van der Waals surface area contributed by atoms with Crippen LogP contribution in [0.4, 0.5) is 0 Å². The Morgan fingerprint density at radius 1 is 1.04 bits per heavy atom. The van der Waals surface area contributed by atoms with Gasteiger partial charge in [0.05, 0.1) is 23.1 Å². The highest BCUT2D eigenvalue weighted by Crippen LogP contribution is 2.34. The van der Waals surface area contributed by atoms with E-state index >= 15 is 0 Å². The van der Waals surface area contributed by atoms with Gasteiger partial charge >= 0.3 is 0 Å². The molecule has 4 rings (SSSR count). The zero-order valence-electron chi connectivity index (χ0n) is 12.4. The summed E-state index contributed by atoms with van der Waals surface area (Å²) in [5.41, 5.74) is 5.65. The summed E-state index contributed by atoms with van der Waals surface area (Å²) in [6.07, 6.45) is 3.61. The number of halogens is 1. The standard InChI is InChI=1S/C18H13ClN4/c1-11-3-2-4-16(22-11)18-15(10-21-23-18)13-7-8-20-17-9-12(19)5-6-14(13)17/h2-10H,1H3,(H,21,23). The number of fused-ring (bicyclic) bond motifs is 1. The van der Waals surface area contributed by atoms with Gasteiger partial charge in [0.15, 0.2) is 0 Å². The quantitative estimate of drug-likeness (QED) is 0.585. The average Bonchev–Trinajstić information content (AvgIpc) is 3.03. The van der Waals surface area contributed by atoms with Gasteiger partial charge in [0.25, 0.3) is 0 Å². The molecule has 4 nitrogen and oxygen atoms in total. The van der Waals surface area contributed by atoms with E-state index in [9.17, 15) is 0 Å². The monoisotopic (exact) mass is 320 g/mol. The molecule has 0 radical (unpaired) electrons. The van der Waals surface area contributed by atoms with E-state index in [-0.39, 0.29) is 0 Å². The van der Waals surface area contributed by atoms with Crippen molar-refractivity contribution in [2.75, 3.05) is 0 Å². The topological polar surface area (TPSA) is 54.5 Å². The summed E-state index contributed by atoms with van der Waals surface area (Å²) in [6.45, 7) is 1.98. The van der Waals surface area contributed by atoms with Gasteiger partial charge in [0.2, 0.25) is 0 Å². The van der Waals surface area contributed by atoms with Crippen molar-refractivity contribution in [3.05, 3.63) is 65.6 Å². The maximum Gasteiger partial charge on any atom is 0.0913 e. The van der Waals surface area contributed by atoms with Crippen LogP contribution in [0.3, 0.4) is 0 Å². The van der Waals surface area contributed by atoms with Crippen LogP contribution in [0.25, 0.3) is 33.4 Å². The number of hydrogen-bond donors (Lipinski definition) is 1. The fourth-order valence-electron chi connectivity index (χ4n) is 2.72. The van der Waals surface area contributed by atoms with Crippen LogP contribution in [-0.2, 0) is 0 Å². The second-order valence-electron chi connectivity index (χ2n) is 5.34. The molecule has 0 aliphatic rings. The van der Waals surface area contributed by atoms with Crippen molar-refractivity contribution in [2.45, 2.75) is 6.92 Å². The van der Waals surface area contributed by atoms with Crippen molar-refractivity contribution in [2.24, 2.45) is 0 Å². The normalized spacial score (nSPS) is 11.0. The molecule has 0 aliphatic heterocycles. The van der Waals surface area contributed by atoms with Crippen LogP contribution >= 0.6 is 11.6 Å². The Hall–Kier alpha value is -2.72. The van der Waals surface area contributed by atoms with Crippen molar-refractivity contribution in [3.63, 3.8) is 0 Å². The van der Waals surface area contributed by atoms with E-state index in [1.165, 1.54) is 0 Å². The minimum absolute atomic E-state index is 0.676. The fourth-order valence-corrected chi connectivity index (χ4v) is 2.89. The Morgan fingerprint density at radius 3 is 2.83 bits per heavy atom. The molecule has 0 atom stereocenters. The minimum Gasteiger partial charge on any atom is -0.276 e. The molecule has 0 amide bonds. The lowest BCUT2D eigenvalue weighted by molar-refractivity contribution is 1.08. The van der Waals surface area contributed by atoms with Crippen LogP contribution in [0, 0.1) is 6.92 Å². The van der Waals surface area contributed by atoms with Crippen molar-refractivity contribution in [3.8, 4) is 22.5 Å². The number of aromatic nitrogens is 4. The predicted octanol–water partition coefficient (Wildman–Crippen LogP) is 4.65. The van der Waals surface area contributed by atoms with Crippen molar-refractivity contribution >= 4 is 22.5 Å². The van der Waals surface area contributed by atoms with Gasteiger partial charge in [-0.1, -0.05) is 23.7 Å². The molecule has 4 aromatic rings. The summed E-state index contributed by atoms with van der Waals surface area (Å²) in [5, 5.41) is 8.99. The summed E-state index contributed by atoms with van der Waals surface area (Å²) in [4.78, 5) is 8.99. The zero-order valence-corrected chi connectivity index (χ0v) is 13.2. The van der Waals surface area contributed by atoms with Gasteiger partial charge in [-0.25, -0.2) is 0 Å². The number of H-pyrrole nitrogens is 1. The lowest BCUT2D eigenvalue weighted by Gasteiger charge is -2.07. The minimum atomic E-state index is 0.676. The smallest absolute Gasteiger partial charge is 0.0913 e. The first kappa shape index (κ1) is 13.9. The Bertz CT molecular complexity index is 1010. The van der Waals surface area contributed by atoms with E-state index < -0.39 is 0 Å². The number of hydrogen-bond acceptors (Lipinski definition) is 3. The maximum atomic E-state index is 6.07. The molecule has 3 aromatic heterocycles. The lowest BCUT2D eigenvalue weighted by atomic mass is 10.0. The highest BCUT2D eigenvalue weighted by molar-refractivity contribution is 6.31. The van der Waals surface area contributed by atoms with Crippen molar-refractivity contribution in [1.29, 1.82) is 0 Å². The Labute approximate surface area is 138 Å². The van der Waals surface area contributed by atoms with Gasteiger partial charge in [0, 0.05) is 27.9 Å². The molecule has 0 bridgehead atoms. The molecule has 0 saturated heterocycles. The van der Waals surface area contributed by atoms with E-state index in [0.717, 1.165) is 39.1 Å². The molecule has 0 saturated carbocycles. The first-order valence-corrected chi connectivity index (χ1v) is 7.62. The molecule has 1 N–H and O–H groups in total. The lowest BCUT2D eigenvalue weighted by Crippen LogP contribution is -1.90. The largest absolute Gasteiger partial charge is 0.276 e. The van der Waals surface area contributed by atoms with Gasteiger partial charge in [-0.3, -0.25) is 15.1 Å². The number of aryl methyl sites for hydroxylation is 1. The van der Waals surface area contributed by atoms with Crippen LogP contribution in [0.2, 0.25) is 5.02 Å². The molecule has 0 unspecified atom stereocenters. The third-order valence-corrected chi connectivity index (χ3v) is 4.01. The van der Waals surface area contributed by atoms with Gasteiger partial charge in [-0.2, -0.15) is 5.10 Å². The van der Waals surface area contributed by atoms with Gasteiger partial charge in [-0.15, -0.1) is 0 Å². The van der Waals surface area contributed by atoms with Crippen molar-refractivity contribution < 1.29 is 0 Å². The summed E-state index contributed by atoms with van der Waals surface area (Å²) in [5.74, 6) is 0. The summed E-state index contributed by atoms with van der Waals surface area (Å²) in [7, 11) is 0. The molecule has 112 valence electrons. The summed E-state index contributed by atoms with van der Waals surface area (Å²) < 4.78 is 0. The van der Waals surface area contributed by atoms with E-state index in [2.05, 4.69) is 20.2 Å². The summed E-state index contributed by atoms with van der Waals surface area (Å²) in [6, 6.07) is 13.7. The third-order valence-electron chi connectivity index (χ3n) is 3.78. The van der Waals surface area contributed by atoms with Gasteiger partial charge in [-0.05, 0) is 42.8 Å². The van der Waals surface area contributed by atoms with Crippen LogP contribution in [-0.4, -0.2) is 20.2 Å². The van der Waals surface area contributed by atoms with Crippen LogP contribution < -0.4 is 0 Å². The number of nitrogens with one attached hydrogen (secondary N) is 1. The molecular formula is C18H13ClN4. The zero-order chi connectivity index (χ0) is 15.8. The van der Waals surface area contributed by atoms with Crippen LogP contribution in [0.15, 0.2) is 54.9 Å². The third kappa shape index (κ3) is 2.47. The first-order chi connectivity index (χ1) is 11.2. The second kappa shape index (κ2) is 5.48. The van der Waals surface area contributed by atoms with Crippen molar-refractivity contribution in [1.82, 2.24) is 20.2 Å². The molecule has 3 heterocycles. The van der Waals surface area contributed by atoms with E-state index in [1.54, 1.807) is 6.20 Å². The van der Waals surface area contributed by atoms with Crippen LogP contribution in [0.1, 0.15) is 5.69 Å². The molecular weight excluding hydrogens is 308 g/mol. The molecule has 0 aliphatic carbocycles. The molecule has 0 fully saturated rings. The maximum absolute atomic E-state index is 6.07. The van der Waals surface area contributed by atoms with E-state index in [0.29, 0.717) is 5.02 Å². The Morgan fingerprint density at radius 2 is 1.96 bits per heavy atom. The predicted molar refractivity (Wildman–Crippen MR) is 92.3 cm³/mol. The average molecular weight is 321 g/mol. The fraction of sp³-hybridized carbons (Fsp3) is 0.0556. The first-order valence-electron chi connectivity index (χ1n) is 7.24. The second-order valence-corrected chi connectivity index (χ2v) is 5.78. The Kier molecular flexibility index (Phi) is 3.32. The number of nitrogens with zero attached hydrogens (tertiary/aromatic N) is 3. The van der Waals surface area contributed by atoms with E-state index in [1.807, 2.05) is 55.6 Å². The molecule has 1 aromatic carbocycles. The highest BCUT2D eigenvalue weighted by Gasteiger charge is 2.14. The Balaban J connectivity index is 1.95. The molecule has 5 heteroatoms. The highest BCUT2D eigenvalue weighted by atomic mass is 35.5. The SMILES string of the molecule is Cc1cccc(-c2[nH]ncc2-c2ccnc3cc(Cl)ccc23)n1. The number of benzene rings is 1. The summed E-state index contributed by atoms with van der Waals surface area (Å²) >= 11 is 6.07. The number of pyridine rings is 2. The van der Waals surface area contributed by atoms with Gasteiger partial charge in [0.1, 0.15) is 0 Å². The molecule has 23 heavy (non-hydrogen) atoms. The molecule has 0 spiro atoms.